The van der Waals surface area contributed by atoms with Crippen LogP contribution in [0, 0.1) is 6.92 Å². The van der Waals surface area contributed by atoms with Gasteiger partial charge in [-0.15, -0.1) is 11.8 Å². The maximum absolute atomic E-state index is 11.8. The molecule has 7 heteroatoms. The highest BCUT2D eigenvalue weighted by Gasteiger charge is 2.08. The molecule has 0 spiro atoms. The summed E-state index contributed by atoms with van der Waals surface area (Å²) in [5.41, 5.74) is 6.93. The van der Waals surface area contributed by atoms with Crippen LogP contribution < -0.4 is 16.2 Å². The van der Waals surface area contributed by atoms with Crippen molar-refractivity contribution in [2.45, 2.75) is 6.92 Å². The summed E-state index contributed by atoms with van der Waals surface area (Å²) in [7, 11) is 0. The van der Waals surface area contributed by atoms with E-state index in [1.165, 1.54) is 0 Å². The quantitative estimate of drug-likeness (QED) is 0.691. The lowest BCUT2D eigenvalue weighted by molar-refractivity contribution is -0.119. The summed E-state index contributed by atoms with van der Waals surface area (Å²) in [6.45, 7) is 1.97. The van der Waals surface area contributed by atoms with Crippen molar-refractivity contribution < 1.29 is 14.4 Å². The Morgan fingerprint density at radius 1 is 0.840 bits per heavy atom. The Kier molecular flexibility index (Phi) is 7.03. The number of carbonyl (C=O) groups is 3. The van der Waals surface area contributed by atoms with E-state index >= 15 is 0 Å². The summed E-state index contributed by atoms with van der Waals surface area (Å²) in [5.74, 6) is -0.743. The standard InChI is InChI=1S/C18H19N3O3S/c1-13-7-9-15(10-8-13)19-16(22)11-25-12-17(23)20-21-18(24)14-5-3-2-4-6-14/h2-10H,11-12H2,1H3,(H,19,22)(H,20,23)(H,21,24). The van der Waals surface area contributed by atoms with Crippen LogP contribution in [0.3, 0.4) is 0 Å². The van der Waals surface area contributed by atoms with E-state index in [9.17, 15) is 14.4 Å². The van der Waals surface area contributed by atoms with Crippen molar-refractivity contribution in [3.63, 3.8) is 0 Å². The number of thioether (sulfide) groups is 1. The third-order valence-corrected chi connectivity index (χ3v) is 4.09. The van der Waals surface area contributed by atoms with E-state index < -0.39 is 5.91 Å². The van der Waals surface area contributed by atoms with Gasteiger partial charge in [0.2, 0.25) is 11.8 Å². The number of anilines is 1. The smallest absolute Gasteiger partial charge is 0.269 e. The molecule has 130 valence electrons. The van der Waals surface area contributed by atoms with Crippen molar-refractivity contribution in [2.24, 2.45) is 0 Å². The first-order valence-electron chi connectivity index (χ1n) is 7.63. The van der Waals surface area contributed by atoms with E-state index in [4.69, 9.17) is 0 Å². The van der Waals surface area contributed by atoms with Crippen LogP contribution in [-0.2, 0) is 9.59 Å². The minimum absolute atomic E-state index is 0.0659. The zero-order chi connectivity index (χ0) is 18.1. The maximum atomic E-state index is 11.8. The van der Waals surface area contributed by atoms with Gasteiger partial charge in [0.15, 0.2) is 0 Å². The van der Waals surface area contributed by atoms with E-state index in [1.54, 1.807) is 30.3 Å². The second-order valence-corrected chi connectivity index (χ2v) is 6.26. The van der Waals surface area contributed by atoms with E-state index in [2.05, 4.69) is 16.2 Å². The van der Waals surface area contributed by atoms with Gasteiger partial charge in [-0.25, -0.2) is 0 Å². The average molecular weight is 357 g/mol. The summed E-state index contributed by atoms with van der Waals surface area (Å²) in [6, 6.07) is 16.0. The number of hydrazine groups is 1. The van der Waals surface area contributed by atoms with Crippen molar-refractivity contribution in [3.05, 3.63) is 65.7 Å². The highest BCUT2D eigenvalue weighted by molar-refractivity contribution is 8.00. The van der Waals surface area contributed by atoms with Crippen LogP contribution in [0.5, 0.6) is 0 Å². The Labute approximate surface area is 150 Å². The van der Waals surface area contributed by atoms with Crippen LogP contribution in [0.2, 0.25) is 0 Å². The topological polar surface area (TPSA) is 87.3 Å². The van der Waals surface area contributed by atoms with Gasteiger partial charge in [0.05, 0.1) is 11.5 Å². The van der Waals surface area contributed by atoms with Gasteiger partial charge in [0.1, 0.15) is 0 Å². The van der Waals surface area contributed by atoms with Crippen LogP contribution >= 0.6 is 11.8 Å². The average Bonchev–Trinajstić information content (AvgIpc) is 2.62. The monoisotopic (exact) mass is 357 g/mol. The van der Waals surface area contributed by atoms with Crippen molar-refractivity contribution in [2.75, 3.05) is 16.8 Å². The van der Waals surface area contributed by atoms with E-state index in [1.807, 2.05) is 31.2 Å². The first kappa shape index (κ1) is 18.5. The Bertz CT molecular complexity index is 733. The van der Waals surface area contributed by atoms with Gasteiger partial charge in [-0.05, 0) is 31.2 Å². The molecule has 6 nitrogen and oxygen atoms in total. The maximum Gasteiger partial charge on any atom is 0.269 e. The van der Waals surface area contributed by atoms with Gasteiger partial charge in [-0.1, -0.05) is 35.9 Å². The molecule has 0 saturated heterocycles. The van der Waals surface area contributed by atoms with Crippen LogP contribution in [0.4, 0.5) is 5.69 Å². The lowest BCUT2D eigenvalue weighted by Crippen LogP contribution is -2.42. The fraction of sp³-hybridized carbons (Fsp3) is 0.167. The number of amides is 3. The molecule has 0 unspecified atom stereocenters. The molecule has 0 bridgehead atoms. The minimum atomic E-state index is -0.393. The Hall–Kier alpha value is -2.80. The Balaban J connectivity index is 1.64. The molecule has 0 heterocycles. The molecule has 0 aliphatic rings. The van der Waals surface area contributed by atoms with E-state index in [0.717, 1.165) is 23.0 Å². The summed E-state index contributed by atoms with van der Waals surface area (Å²) < 4.78 is 0. The zero-order valence-corrected chi connectivity index (χ0v) is 14.6. The van der Waals surface area contributed by atoms with Crippen molar-refractivity contribution in [1.29, 1.82) is 0 Å². The fourth-order valence-corrected chi connectivity index (χ4v) is 2.51. The van der Waals surface area contributed by atoms with Gasteiger partial charge in [-0.2, -0.15) is 0 Å². The molecular formula is C18H19N3O3S. The summed E-state index contributed by atoms with van der Waals surface area (Å²) >= 11 is 1.16. The normalized spacial score (nSPS) is 9.96. The SMILES string of the molecule is Cc1ccc(NC(=O)CSCC(=O)NNC(=O)c2ccccc2)cc1. The highest BCUT2D eigenvalue weighted by atomic mass is 32.2. The van der Waals surface area contributed by atoms with Crippen molar-refractivity contribution in [1.82, 2.24) is 10.9 Å². The minimum Gasteiger partial charge on any atom is -0.325 e. The third-order valence-electron chi connectivity index (χ3n) is 3.15. The van der Waals surface area contributed by atoms with Crippen LogP contribution in [0.25, 0.3) is 0 Å². The number of aryl methyl sites for hydroxylation is 1. The number of nitrogens with one attached hydrogen (secondary N) is 3. The van der Waals surface area contributed by atoms with Crippen molar-refractivity contribution >= 4 is 35.2 Å². The predicted molar refractivity (Wildman–Crippen MR) is 99.2 cm³/mol. The number of carbonyl (C=O) groups excluding carboxylic acids is 3. The molecule has 0 saturated carbocycles. The van der Waals surface area contributed by atoms with Gasteiger partial charge in [0, 0.05) is 11.3 Å². The van der Waals surface area contributed by atoms with Gasteiger partial charge >= 0.3 is 0 Å². The van der Waals surface area contributed by atoms with E-state index in [-0.39, 0.29) is 23.3 Å². The zero-order valence-electron chi connectivity index (χ0n) is 13.7. The molecule has 2 aromatic carbocycles. The predicted octanol–water partition coefficient (Wildman–Crippen LogP) is 2.13. The molecule has 2 aromatic rings. The second kappa shape index (κ2) is 9.48. The molecule has 0 atom stereocenters. The second-order valence-electron chi connectivity index (χ2n) is 5.28. The fourth-order valence-electron chi connectivity index (χ4n) is 1.89. The van der Waals surface area contributed by atoms with Crippen LogP contribution in [0.15, 0.2) is 54.6 Å². The van der Waals surface area contributed by atoms with E-state index in [0.29, 0.717) is 5.56 Å². The molecule has 0 aliphatic carbocycles. The number of hydrogen-bond donors (Lipinski definition) is 3. The summed E-state index contributed by atoms with van der Waals surface area (Å²) in [5, 5.41) is 2.75. The lowest BCUT2D eigenvalue weighted by atomic mass is 10.2. The molecule has 2 rings (SSSR count). The molecule has 0 aliphatic heterocycles. The highest BCUT2D eigenvalue weighted by Crippen LogP contribution is 2.09. The van der Waals surface area contributed by atoms with Gasteiger partial charge < -0.3 is 5.32 Å². The third kappa shape index (κ3) is 6.68. The van der Waals surface area contributed by atoms with Crippen LogP contribution in [-0.4, -0.2) is 29.2 Å². The first-order chi connectivity index (χ1) is 12.0. The van der Waals surface area contributed by atoms with Crippen LogP contribution in [0.1, 0.15) is 15.9 Å². The number of hydrogen-bond acceptors (Lipinski definition) is 4. The molecule has 0 aromatic heterocycles. The Morgan fingerprint density at radius 2 is 1.48 bits per heavy atom. The molecule has 25 heavy (non-hydrogen) atoms. The summed E-state index contributed by atoms with van der Waals surface area (Å²) in [4.78, 5) is 35.2. The van der Waals surface area contributed by atoms with Gasteiger partial charge in [0.25, 0.3) is 5.91 Å². The van der Waals surface area contributed by atoms with Crippen molar-refractivity contribution in [3.8, 4) is 0 Å². The largest absolute Gasteiger partial charge is 0.325 e. The number of benzene rings is 2. The molecule has 3 amide bonds. The molecule has 3 N–H and O–H groups in total. The molecule has 0 radical (unpaired) electrons. The lowest BCUT2D eigenvalue weighted by Gasteiger charge is -2.08. The first-order valence-corrected chi connectivity index (χ1v) is 8.78. The van der Waals surface area contributed by atoms with Gasteiger partial charge in [-0.3, -0.25) is 25.2 Å². The summed E-state index contributed by atoms with van der Waals surface area (Å²) in [6.07, 6.45) is 0. The molecular weight excluding hydrogens is 338 g/mol. The Morgan fingerprint density at radius 3 is 2.16 bits per heavy atom. The number of rotatable bonds is 6. The molecule has 0 fully saturated rings.